The maximum Gasteiger partial charge on any atom is 0.223 e. The first-order valence-electron chi connectivity index (χ1n) is 5.46. The van der Waals surface area contributed by atoms with Crippen LogP contribution in [0, 0.1) is 12.7 Å². The van der Waals surface area contributed by atoms with Crippen LogP contribution < -0.4 is 5.32 Å². The first kappa shape index (κ1) is 11.5. The zero-order valence-corrected chi connectivity index (χ0v) is 9.81. The number of hydrogen-bond donors (Lipinski definition) is 1. The number of hydrogen-bond acceptors (Lipinski definition) is 3. The summed E-state index contributed by atoms with van der Waals surface area (Å²) < 4.78 is 12.7. The Balaban J connectivity index is 2.14. The number of benzene rings is 1. The van der Waals surface area contributed by atoms with Gasteiger partial charge in [-0.1, -0.05) is 24.3 Å². The molecule has 0 saturated carbocycles. The molecule has 1 aromatic carbocycles. The molecule has 17 heavy (non-hydrogen) atoms. The summed E-state index contributed by atoms with van der Waals surface area (Å²) >= 11 is 0. The van der Waals surface area contributed by atoms with Gasteiger partial charge in [-0.05, 0) is 25.0 Å². The van der Waals surface area contributed by atoms with E-state index in [1.807, 2.05) is 19.1 Å². The van der Waals surface area contributed by atoms with Crippen molar-refractivity contribution in [1.82, 2.24) is 9.97 Å². The third-order valence-corrected chi connectivity index (χ3v) is 2.62. The Kier molecular flexibility index (Phi) is 3.32. The van der Waals surface area contributed by atoms with Crippen LogP contribution in [0.2, 0.25) is 0 Å². The summed E-state index contributed by atoms with van der Waals surface area (Å²) in [7, 11) is 0. The van der Waals surface area contributed by atoms with E-state index in [0.717, 1.165) is 12.4 Å². The van der Waals surface area contributed by atoms with Crippen LogP contribution >= 0.6 is 0 Å². The molecule has 0 bridgehead atoms. The van der Waals surface area contributed by atoms with Gasteiger partial charge in [0.1, 0.15) is 0 Å². The van der Waals surface area contributed by atoms with E-state index < -0.39 is 5.82 Å². The van der Waals surface area contributed by atoms with Crippen LogP contribution in [0.4, 0.5) is 10.3 Å². The van der Waals surface area contributed by atoms with E-state index in [-0.39, 0.29) is 6.04 Å². The van der Waals surface area contributed by atoms with Gasteiger partial charge in [0.15, 0.2) is 5.82 Å². The average molecular weight is 231 g/mol. The van der Waals surface area contributed by atoms with Crippen molar-refractivity contribution in [2.75, 3.05) is 5.32 Å². The van der Waals surface area contributed by atoms with Gasteiger partial charge in [-0.3, -0.25) is 0 Å². The van der Waals surface area contributed by atoms with E-state index in [9.17, 15) is 4.39 Å². The fourth-order valence-corrected chi connectivity index (χ4v) is 1.73. The summed E-state index contributed by atoms with van der Waals surface area (Å²) in [4.78, 5) is 7.75. The van der Waals surface area contributed by atoms with Crippen LogP contribution in [0.5, 0.6) is 0 Å². The molecule has 2 rings (SSSR count). The Hall–Kier alpha value is -1.97. The van der Waals surface area contributed by atoms with E-state index in [1.165, 1.54) is 11.1 Å². The second-order valence-electron chi connectivity index (χ2n) is 3.95. The molecule has 3 nitrogen and oxygen atoms in total. The number of anilines is 1. The van der Waals surface area contributed by atoms with Crippen LogP contribution in [0.3, 0.4) is 0 Å². The van der Waals surface area contributed by atoms with E-state index >= 15 is 0 Å². The molecule has 0 aliphatic heterocycles. The minimum absolute atomic E-state index is 0.0849. The second kappa shape index (κ2) is 4.91. The van der Waals surface area contributed by atoms with Gasteiger partial charge in [0, 0.05) is 0 Å². The third-order valence-electron chi connectivity index (χ3n) is 2.62. The molecular weight excluding hydrogens is 217 g/mol. The smallest absolute Gasteiger partial charge is 0.223 e. The van der Waals surface area contributed by atoms with Crippen molar-refractivity contribution in [3.05, 3.63) is 53.6 Å². The minimum Gasteiger partial charge on any atom is -0.348 e. The number of aryl methyl sites for hydroxylation is 1. The number of nitrogens with zero attached hydrogens (tertiary/aromatic N) is 2. The molecule has 2 aromatic rings. The SMILES string of the molecule is Cc1ccccc1C(C)Nc1ncc(F)cn1. The standard InChI is InChI=1S/C13H14FN3/c1-9-5-3-4-6-12(9)10(2)17-13-15-7-11(14)8-16-13/h3-8,10H,1-2H3,(H,15,16,17). The van der Waals surface area contributed by atoms with Crippen molar-refractivity contribution < 1.29 is 4.39 Å². The Labute approximate surface area is 99.7 Å². The molecule has 0 aliphatic rings. The van der Waals surface area contributed by atoms with Crippen molar-refractivity contribution in [2.24, 2.45) is 0 Å². The average Bonchev–Trinajstić information content (AvgIpc) is 2.32. The summed E-state index contributed by atoms with van der Waals surface area (Å²) in [5.74, 6) is 0.00116. The van der Waals surface area contributed by atoms with Crippen LogP contribution in [-0.2, 0) is 0 Å². The lowest BCUT2D eigenvalue weighted by molar-refractivity contribution is 0.613. The van der Waals surface area contributed by atoms with Crippen LogP contribution in [0.25, 0.3) is 0 Å². The van der Waals surface area contributed by atoms with E-state index in [4.69, 9.17) is 0 Å². The molecule has 0 amide bonds. The van der Waals surface area contributed by atoms with Crippen LogP contribution in [0.15, 0.2) is 36.7 Å². The number of halogens is 1. The highest BCUT2D eigenvalue weighted by Gasteiger charge is 2.08. The molecule has 4 heteroatoms. The molecule has 1 heterocycles. The Bertz CT molecular complexity index is 496. The van der Waals surface area contributed by atoms with Crippen molar-refractivity contribution in [3.63, 3.8) is 0 Å². The molecule has 1 N–H and O–H groups in total. The summed E-state index contributed by atoms with van der Waals surface area (Å²) in [5, 5.41) is 3.14. The van der Waals surface area contributed by atoms with Crippen molar-refractivity contribution >= 4 is 5.95 Å². The van der Waals surface area contributed by atoms with Gasteiger partial charge < -0.3 is 5.32 Å². The van der Waals surface area contributed by atoms with Gasteiger partial charge >= 0.3 is 0 Å². The molecule has 1 atom stereocenters. The van der Waals surface area contributed by atoms with E-state index in [1.54, 1.807) is 0 Å². The van der Waals surface area contributed by atoms with E-state index in [0.29, 0.717) is 5.95 Å². The van der Waals surface area contributed by atoms with Gasteiger partial charge in [0.25, 0.3) is 0 Å². The number of aromatic nitrogens is 2. The molecule has 0 fully saturated rings. The molecule has 1 unspecified atom stereocenters. The normalized spacial score (nSPS) is 12.2. The van der Waals surface area contributed by atoms with Gasteiger partial charge in [-0.15, -0.1) is 0 Å². The maximum absolute atomic E-state index is 12.7. The molecule has 0 spiro atoms. The molecular formula is C13H14FN3. The lowest BCUT2D eigenvalue weighted by atomic mass is 10.0. The Morgan fingerprint density at radius 3 is 2.47 bits per heavy atom. The predicted octanol–water partition coefficient (Wildman–Crippen LogP) is 3.10. The number of rotatable bonds is 3. The molecule has 88 valence electrons. The fraction of sp³-hybridized carbons (Fsp3) is 0.231. The lowest BCUT2D eigenvalue weighted by Crippen LogP contribution is -2.10. The van der Waals surface area contributed by atoms with Crippen LogP contribution in [-0.4, -0.2) is 9.97 Å². The summed E-state index contributed by atoms with van der Waals surface area (Å²) in [6.07, 6.45) is 2.31. The van der Waals surface area contributed by atoms with Crippen molar-refractivity contribution in [3.8, 4) is 0 Å². The maximum atomic E-state index is 12.7. The molecule has 0 radical (unpaired) electrons. The van der Waals surface area contributed by atoms with E-state index in [2.05, 4.69) is 34.3 Å². The fourth-order valence-electron chi connectivity index (χ4n) is 1.73. The van der Waals surface area contributed by atoms with Gasteiger partial charge in [-0.2, -0.15) is 0 Å². The molecule has 1 aromatic heterocycles. The lowest BCUT2D eigenvalue weighted by Gasteiger charge is -2.16. The highest BCUT2D eigenvalue weighted by molar-refractivity contribution is 5.35. The quantitative estimate of drug-likeness (QED) is 0.882. The van der Waals surface area contributed by atoms with Gasteiger partial charge in [0.05, 0.1) is 18.4 Å². The van der Waals surface area contributed by atoms with Crippen LogP contribution in [0.1, 0.15) is 24.1 Å². The highest BCUT2D eigenvalue weighted by atomic mass is 19.1. The molecule has 0 saturated heterocycles. The summed E-state index contributed by atoms with van der Waals surface area (Å²) in [5.41, 5.74) is 2.38. The van der Waals surface area contributed by atoms with Crippen molar-refractivity contribution in [2.45, 2.75) is 19.9 Å². The largest absolute Gasteiger partial charge is 0.348 e. The topological polar surface area (TPSA) is 37.8 Å². The Morgan fingerprint density at radius 1 is 1.18 bits per heavy atom. The zero-order chi connectivity index (χ0) is 12.3. The predicted molar refractivity (Wildman–Crippen MR) is 65.2 cm³/mol. The monoisotopic (exact) mass is 231 g/mol. The third kappa shape index (κ3) is 2.78. The zero-order valence-electron chi connectivity index (χ0n) is 9.81. The highest BCUT2D eigenvalue weighted by Crippen LogP contribution is 2.19. The second-order valence-corrected chi connectivity index (χ2v) is 3.95. The summed E-state index contributed by atoms with van der Waals surface area (Å²) in [6.45, 7) is 4.08. The van der Waals surface area contributed by atoms with Gasteiger partial charge in [-0.25, -0.2) is 14.4 Å². The van der Waals surface area contributed by atoms with Crippen molar-refractivity contribution in [1.29, 1.82) is 0 Å². The van der Waals surface area contributed by atoms with Gasteiger partial charge in [0.2, 0.25) is 5.95 Å². The Morgan fingerprint density at radius 2 is 1.82 bits per heavy atom. The summed E-state index contributed by atoms with van der Waals surface area (Å²) in [6, 6.07) is 8.18. The number of nitrogens with one attached hydrogen (secondary N) is 1. The molecule has 0 aliphatic carbocycles. The first-order valence-corrected chi connectivity index (χ1v) is 5.46. The first-order chi connectivity index (χ1) is 8.16. The minimum atomic E-state index is -0.431.